The molecule has 1 aliphatic heterocycles. The van der Waals surface area contributed by atoms with Crippen molar-refractivity contribution in [3.8, 4) is 22.3 Å². The Morgan fingerprint density at radius 3 is 1.89 bits per heavy atom. The summed E-state index contributed by atoms with van der Waals surface area (Å²) in [5, 5.41) is 8.05. The quantitative estimate of drug-likeness (QED) is 0.213. The van der Waals surface area contributed by atoms with E-state index in [1.165, 1.54) is 22.1 Å². The van der Waals surface area contributed by atoms with Crippen LogP contribution in [0, 0.1) is 0 Å². The minimum absolute atomic E-state index is 0.320. The molecule has 0 saturated carbocycles. The van der Waals surface area contributed by atoms with Crippen LogP contribution in [0.2, 0.25) is 0 Å². The zero-order valence-electron chi connectivity index (χ0n) is 25.5. The second kappa shape index (κ2) is 11.3. The van der Waals surface area contributed by atoms with E-state index in [2.05, 4.69) is 145 Å². The lowest BCUT2D eigenvalue weighted by atomic mass is 9.94. The van der Waals surface area contributed by atoms with Crippen molar-refractivity contribution in [1.82, 2.24) is 5.32 Å². The molecular weight excluding hydrogens is 574 g/mol. The fraction of sp³-hybridized carbons (Fsp3) is 0.0233. The highest BCUT2D eigenvalue weighted by atomic mass is 16.3. The van der Waals surface area contributed by atoms with Gasteiger partial charge in [0.1, 0.15) is 23.2 Å². The van der Waals surface area contributed by atoms with Crippen LogP contribution in [0.3, 0.4) is 0 Å². The van der Waals surface area contributed by atoms with Crippen molar-refractivity contribution in [3.05, 3.63) is 180 Å². The lowest BCUT2D eigenvalue weighted by molar-refractivity contribution is 0.668. The van der Waals surface area contributed by atoms with Crippen LogP contribution in [-0.4, -0.2) is 11.7 Å². The first-order chi connectivity index (χ1) is 23.3. The lowest BCUT2D eigenvalue weighted by Gasteiger charge is -2.24. The summed E-state index contributed by atoms with van der Waals surface area (Å²) in [5.74, 6) is 1.46. The zero-order chi connectivity index (χ0) is 31.2. The Balaban J connectivity index is 1.25. The molecule has 9 rings (SSSR count). The number of benzene rings is 7. The van der Waals surface area contributed by atoms with E-state index in [1.54, 1.807) is 0 Å². The summed E-state index contributed by atoms with van der Waals surface area (Å²) in [4.78, 5) is 10.5. The van der Waals surface area contributed by atoms with E-state index in [9.17, 15) is 0 Å². The number of nitrogens with one attached hydrogen (secondary N) is 1. The highest BCUT2D eigenvalue weighted by Gasteiger charge is 2.25. The van der Waals surface area contributed by atoms with Gasteiger partial charge in [-0.05, 0) is 62.9 Å². The van der Waals surface area contributed by atoms with Crippen LogP contribution in [0.4, 0.5) is 0 Å². The van der Waals surface area contributed by atoms with Gasteiger partial charge in [0.15, 0.2) is 5.84 Å². The smallest absolute Gasteiger partial charge is 0.160 e. The van der Waals surface area contributed by atoms with Gasteiger partial charge >= 0.3 is 0 Å². The summed E-state index contributed by atoms with van der Waals surface area (Å²) in [5.41, 5.74) is 9.39. The van der Waals surface area contributed by atoms with Gasteiger partial charge in [0.25, 0.3) is 0 Å². The highest BCUT2D eigenvalue weighted by Crippen LogP contribution is 2.37. The van der Waals surface area contributed by atoms with Gasteiger partial charge < -0.3 is 9.73 Å². The Morgan fingerprint density at radius 2 is 1.13 bits per heavy atom. The summed E-state index contributed by atoms with van der Waals surface area (Å²) >= 11 is 0. The van der Waals surface area contributed by atoms with E-state index >= 15 is 0 Å². The predicted molar refractivity (Wildman–Crippen MR) is 194 cm³/mol. The second-order valence-electron chi connectivity index (χ2n) is 11.8. The van der Waals surface area contributed by atoms with E-state index in [-0.39, 0.29) is 6.17 Å². The standard InChI is InChI=1S/C43H29N3O/c1-4-13-28(14-5-1)31-23-26-38-37(27-31)40-36(21-12-22-39(40)47-38)43-45-41(30-17-8-3-9-18-30)44-42(46-43)35-25-24-32(29-15-6-2-7-16-29)33-19-10-11-20-34(33)35/h1-27,41H,(H,44,45,46). The third-order valence-electron chi connectivity index (χ3n) is 8.96. The average Bonchev–Trinajstić information content (AvgIpc) is 3.53. The number of amidine groups is 2. The highest BCUT2D eigenvalue weighted by molar-refractivity contribution is 6.24. The van der Waals surface area contributed by atoms with E-state index in [0.29, 0.717) is 5.84 Å². The molecule has 4 nitrogen and oxygen atoms in total. The predicted octanol–water partition coefficient (Wildman–Crippen LogP) is 10.6. The summed E-state index contributed by atoms with van der Waals surface area (Å²) in [6.07, 6.45) is -0.320. The Morgan fingerprint density at radius 1 is 0.468 bits per heavy atom. The Kier molecular flexibility index (Phi) is 6.50. The van der Waals surface area contributed by atoms with Crippen LogP contribution < -0.4 is 5.32 Å². The fourth-order valence-corrected chi connectivity index (χ4v) is 6.71. The summed E-state index contributed by atoms with van der Waals surface area (Å²) in [6, 6.07) is 56.8. The maximum absolute atomic E-state index is 6.40. The summed E-state index contributed by atoms with van der Waals surface area (Å²) < 4.78 is 6.40. The van der Waals surface area contributed by atoms with Gasteiger partial charge in [-0.3, -0.25) is 0 Å². The molecule has 0 saturated heterocycles. The number of rotatable bonds is 5. The van der Waals surface area contributed by atoms with Crippen molar-refractivity contribution < 1.29 is 4.42 Å². The largest absolute Gasteiger partial charge is 0.456 e. The van der Waals surface area contributed by atoms with Gasteiger partial charge in [0.2, 0.25) is 0 Å². The van der Waals surface area contributed by atoms with Gasteiger partial charge in [0, 0.05) is 21.9 Å². The van der Waals surface area contributed by atoms with Crippen molar-refractivity contribution in [2.24, 2.45) is 9.98 Å². The van der Waals surface area contributed by atoms with Crippen LogP contribution in [0.1, 0.15) is 22.9 Å². The van der Waals surface area contributed by atoms with Crippen molar-refractivity contribution in [3.63, 3.8) is 0 Å². The molecule has 7 aromatic carbocycles. The molecule has 47 heavy (non-hydrogen) atoms. The molecule has 4 heteroatoms. The van der Waals surface area contributed by atoms with Crippen molar-refractivity contribution in [1.29, 1.82) is 0 Å². The fourth-order valence-electron chi connectivity index (χ4n) is 6.71. The Hall–Kier alpha value is -6.26. The number of nitrogens with zero attached hydrogens (tertiary/aromatic N) is 2. The molecule has 2 heterocycles. The van der Waals surface area contributed by atoms with Crippen molar-refractivity contribution in [2.45, 2.75) is 6.17 Å². The van der Waals surface area contributed by atoms with Gasteiger partial charge in [0.05, 0.1) is 0 Å². The second-order valence-corrected chi connectivity index (χ2v) is 11.8. The maximum atomic E-state index is 6.40. The van der Waals surface area contributed by atoms with Gasteiger partial charge in [-0.2, -0.15) is 0 Å². The third-order valence-corrected chi connectivity index (χ3v) is 8.96. The molecule has 8 aromatic rings. The molecular formula is C43H29N3O. The molecule has 0 bridgehead atoms. The first-order valence-electron chi connectivity index (χ1n) is 15.9. The minimum atomic E-state index is -0.320. The van der Waals surface area contributed by atoms with Crippen LogP contribution in [0.25, 0.3) is 55.0 Å². The first-order valence-corrected chi connectivity index (χ1v) is 15.9. The Bertz CT molecular complexity index is 2480. The number of hydrogen-bond acceptors (Lipinski definition) is 4. The SMILES string of the molecule is c1ccc(-c2ccc3oc4cccc(C5=NC(c6ccc(-c7ccccc7)c7ccccc67)=NC(c6ccccc6)N5)c4c3c2)cc1. The van der Waals surface area contributed by atoms with Crippen molar-refractivity contribution >= 4 is 44.4 Å². The number of aliphatic imine (C=N–C) groups is 2. The molecule has 1 atom stereocenters. The lowest BCUT2D eigenvalue weighted by Crippen LogP contribution is -2.33. The first kappa shape index (κ1) is 27.1. The van der Waals surface area contributed by atoms with Crippen molar-refractivity contribution in [2.75, 3.05) is 0 Å². The molecule has 0 radical (unpaired) electrons. The molecule has 1 aromatic heterocycles. The molecule has 222 valence electrons. The molecule has 1 unspecified atom stereocenters. The van der Waals surface area contributed by atoms with E-state index in [4.69, 9.17) is 14.4 Å². The van der Waals surface area contributed by atoms with Crippen LogP contribution >= 0.6 is 0 Å². The van der Waals surface area contributed by atoms with E-state index in [1.807, 2.05) is 24.3 Å². The maximum Gasteiger partial charge on any atom is 0.160 e. The molecule has 0 amide bonds. The summed E-state index contributed by atoms with van der Waals surface area (Å²) in [6.45, 7) is 0. The normalized spacial score (nSPS) is 14.6. The van der Waals surface area contributed by atoms with E-state index in [0.717, 1.165) is 55.4 Å². The molecule has 0 spiro atoms. The van der Waals surface area contributed by atoms with Gasteiger partial charge in [-0.15, -0.1) is 0 Å². The summed E-state index contributed by atoms with van der Waals surface area (Å²) in [7, 11) is 0. The zero-order valence-corrected chi connectivity index (χ0v) is 25.5. The topological polar surface area (TPSA) is 49.9 Å². The number of hydrogen-bond donors (Lipinski definition) is 1. The van der Waals surface area contributed by atoms with Crippen LogP contribution in [0.5, 0.6) is 0 Å². The van der Waals surface area contributed by atoms with Crippen LogP contribution in [0.15, 0.2) is 178 Å². The minimum Gasteiger partial charge on any atom is -0.456 e. The molecule has 1 aliphatic rings. The van der Waals surface area contributed by atoms with Gasteiger partial charge in [-0.1, -0.05) is 140 Å². The molecule has 1 N–H and O–H groups in total. The van der Waals surface area contributed by atoms with Gasteiger partial charge in [-0.25, -0.2) is 9.98 Å². The molecule has 0 fully saturated rings. The van der Waals surface area contributed by atoms with Crippen LogP contribution in [-0.2, 0) is 0 Å². The van der Waals surface area contributed by atoms with E-state index < -0.39 is 0 Å². The number of furan rings is 1. The Labute approximate surface area is 272 Å². The average molecular weight is 604 g/mol. The third kappa shape index (κ3) is 4.79. The number of fused-ring (bicyclic) bond motifs is 4. The molecule has 0 aliphatic carbocycles. The monoisotopic (exact) mass is 603 g/mol.